The number of hydrogen-bond acceptors (Lipinski definition) is 1. The lowest BCUT2D eigenvalue weighted by molar-refractivity contribution is 0.363. The average Bonchev–Trinajstić information content (AvgIpc) is 2.24. The summed E-state index contributed by atoms with van der Waals surface area (Å²) in [4.78, 5) is 0. The van der Waals surface area contributed by atoms with Gasteiger partial charge in [-0.3, -0.25) is 0 Å². The molecule has 0 aromatic heterocycles. The van der Waals surface area contributed by atoms with Crippen molar-refractivity contribution in [2.75, 3.05) is 6.61 Å². The lowest BCUT2D eigenvalue weighted by Gasteiger charge is -1.99. The minimum absolute atomic E-state index is 0.105. The predicted molar refractivity (Wildman–Crippen MR) is 42.1 cm³/mol. The van der Waals surface area contributed by atoms with Crippen LogP contribution < -0.4 is 4.74 Å². The van der Waals surface area contributed by atoms with Gasteiger partial charge in [-0.15, -0.1) is 0 Å². The van der Waals surface area contributed by atoms with Gasteiger partial charge in [-0.05, 0) is 12.1 Å². The van der Waals surface area contributed by atoms with Crippen molar-refractivity contribution in [3.63, 3.8) is 0 Å². The molecule has 1 rings (SSSR count). The van der Waals surface area contributed by atoms with Gasteiger partial charge in [0.25, 0.3) is 0 Å². The minimum atomic E-state index is -0.420. The molecule has 0 atom stereocenters. The standard InChI is InChI=1S/C9H10O/c1-2-8-10-9-6-4-3-5-7-9/h2-7H,1,8H2/i3D,4D,5D,6D,7D. The van der Waals surface area contributed by atoms with E-state index in [0.29, 0.717) is 0 Å². The van der Waals surface area contributed by atoms with Crippen LogP contribution in [0, 0.1) is 0 Å². The highest BCUT2D eigenvalue weighted by molar-refractivity contribution is 5.20. The maximum Gasteiger partial charge on any atom is 0.119 e. The van der Waals surface area contributed by atoms with Crippen molar-refractivity contribution in [1.82, 2.24) is 0 Å². The normalized spacial score (nSPS) is 15.8. The summed E-state index contributed by atoms with van der Waals surface area (Å²) in [6.07, 6.45) is 1.45. The lowest BCUT2D eigenvalue weighted by Crippen LogP contribution is -1.91. The Labute approximate surface area is 68.0 Å². The smallest absolute Gasteiger partial charge is 0.119 e. The maximum atomic E-state index is 7.48. The summed E-state index contributed by atoms with van der Waals surface area (Å²) >= 11 is 0. The molecule has 0 radical (unpaired) electrons. The van der Waals surface area contributed by atoms with Gasteiger partial charge < -0.3 is 4.74 Å². The van der Waals surface area contributed by atoms with Crippen LogP contribution in [0.5, 0.6) is 5.75 Å². The SMILES string of the molecule is [2H]c1c([2H])c([2H])c(OCC=C)c([2H])c1[2H]. The zero-order valence-corrected chi connectivity index (χ0v) is 5.40. The molecule has 0 fully saturated rings. The highest BCUT2D eigenvalue weighted by Crippen LogP contribution is 2.07. The van der Waals surface area contributed by atoms with E-state index in [4.69, 9.17) is 11.6 Å². The molecule has 0 aliphatic carbocycles. The summed E-state index contributed by atoms with van der Waals surface area (Å²) in [6.45, 7) is 3.52. The van der Waals surface area contributed by atoms with Crippen LogP contribution in [-0.4, -0.2) is 6.61 Å². The third kappa shape index (κ3) is 1.94. The Morgan fingerprint density at radius 2 is 2.20 bits per heavy atom. The van der Waals surface area contributed by atoms with Crippen molar-refractivity contribution in [3.8, 4) is 5.75 Å². The number of ether oxygens (including phenoxy) is 1. The molecule has 0 aliphatic rings. The van der Waals surface area contributed by atoms with Crippen LogP contribution in [0.4, 0.5) is 0 Å². The van der Waals surface area contributed by atoms with Gasteiger partial charge >= 0.3 is 0 Å². The van der Waals surface area contributed by atoms with E-state index in [2.05, 4.69) is 6.58 Å². The second-order valence-corrected chi connectivity index (χ2v) is 1.55. The molecule has 1 heteroatoms. The van der Waals surface area contributed by atoms with Gasteiger partial charge in [0.05, 0.1) is 6.85 Å². The summed E-state index contributed by atoms with van der Waals surface area (Å²) in [5, 5.41) is 0. The van der Waals surface area contributed by atoms with Gasteiger partial charge in [-0.25, -0.2) is 0 Å². The van der Waals surface area contributed by atoms with E-state index in [1.807, 2.05) is 0 Å². The molecule has 1 aromatic rings. The second-order valence-electron chi connectivity index (χ2n) is 1.55. The van der Waals surface area contributed by atoms with Crippen LogP contribution >= 0.6 is 0 Å². The van der Waals surface area contributed by atoms with E-state index in [1.165, 1.54) is 6.08 Å². The largest absolute Gasteiger partial charge is 0.490 e. The van der Waals surface area contributed by atoms with Crippen molar-refractivity contribution < 1.29 is 11.6 Å². The van der Waals surface area contributed by atoms with E-state index in [-0.39, 0.29) is 24.4 Å². The Morgan fingerprint density at radius 1 is 1.50 bits per heavy atom. The summed E-state index contributed by atoms with van der Waals surface area (Å²) in [5.74, 6) is -0.138. The van der Waals surface area contributed by atoms with Crippen LogP contribution in [0.25, 0.3) is 0 Å². The van der Waals surface area contributed by atoms with E-state index >= 15 is 0 Å². The number of hydrogen-bond donors (Lipinski definition) is 0. The Kier molecular flexibility index (Phi) is 1.04. The van der Waals surface area contributed by atoms with Crippen molar-refractivity contribution in [1.29, 1.82) is 0 Å². The molecule has 0 heterocycles. The fraction of sp³-hybridized carbons (Fsp3) is 0.111. The molecule has 0 bridgehead atoms. The first-order chi connectivity index (χ1) is 7.00. The number of para-hydroxylation sites is 1. The predicted octanol–water partition coefficient (Wildman–Crippen LogP) is 2.25. The molecule has 0 aliphatic heterocycles. The van der Waals surface area contributed by atoms with Gasteiger partial charge in [-0.2, -0.15) is 0 Å². The summed E-state index contributed by atoms with van der Waals surface area (Å²) in [7, 11) is 0. The van der Waals surface area contributed by atoms with Crippen LogP contribution in [0.15, 0.2) is 42.9 Å². The second kappa shape index (κ2) is 3.72. The Morgan fingerprint density at radius 3 is 2.80 bits per heavy atom. The number of rotatable bonds is 3. The molecule has 0 spiro atoms. The van der Waals surface area contributed by atoms with E-state index in [9.17, 15) is 0 Å². The molecule has 10 heavy (non-hydrogen) atoms. The molecule has 52 valence electrons. The molecule has 0 N–H and O–H groups in total. The highest BCUT2D eigenvalue weighted by Gasteiger charge is 1.84. The summed E-state index contributed by atoms with van der Waals surface area (Å²) in [5.41, 5.74) is 0. The van der Waals surface area contributed by atoms with Crippen molar-refractivity contribution in [2.45, 2.75) is 0 Å². The first-order valence-electron chi connectivity index (χ1n) is 5.31. The minimum Gasteiger partial charge on any atom is -0.490 e. The van der Waals surface area contributed by atoms with Crippen LogP contribution in [0.3, 0.4) is 0 Å². The van der Waals surface area contributed by atoms with Crippen LogP contribution in [-0.2, 0) is 0 Å². The molecule has 0 saturated heterocycles. The van der Waals surface area contributed by atoms with Gasteiger partial charge in [0, 0.05) is 0 Å². The van der Waals surface area contributed by atoms with Crippen LogP contribution in [0.2, 0.25) is 0 Å². The first kappa shape index (κ1) is 2.79. The molecular weight excluding hydrogens is 124 g/mol. The van der Waals surface area contributed by atoms with Crippen molar-refractivity contribution >= 4 is 0 Å². The van der Waals surface area contributed by atoms with Gasteiger partial charge in [-0.1, -0.05) is 30.8 Å². The average molecular weight is 139 g/mol. The van der Waals surface area contributed by atoms with E-state index < -0.39 is 18.1 Å². The van der Waals surface area contributed by atoms with E-state index in [0.717, 1.165) is 0 Å². The fourth-order valence-corrected chi connectivity index (χ4v) is 0.453. The zero-order valence-electron chi connectivity index (χ0n) is 10.4. The van der Waals surface area contributed by atoms with Gasteiger partial charge in [0.1, 0.15) is 12.4 Å². The third-order valence-electron chi connectivity index (χ3n) is 0.823. The first-order valence-corrected chi connectivity index (χ1v) is 2.81. The summed E-state index contributed by atoms with van der Waals surface area (Å²) < 4.78 is 42.0. The number of benzene rings is 1. The van der Waals surface area contributed by atoms with Crippen molar-refractivity contribution in [2.24, 2.45) is 0 Å². The third-order valence-corrected chi connectivity index (χ3v) is 0.823. The fourth-order valence-electron chi connectivity index (χ4n) is 0.453. The quantitative estimate of drug-likeness (QED) is 0.583. The van der Waals surface area contributed by atoms with Crippen LogP contribution in [0.1, 0.15) is 6.85 Å². The molecule has 0 unspecified atom stereocenters. The summed E-state index contributed by atoms with van der Waals surface area (Å²) in [6, 6.07) is -1.87. The van der Waals surface area contributed by atoms with E-state index in [1.54, 1.807) is 0 Å². The Bertz CT molecular complexity index is 373. The highest BCUT2D eigenvalue weighted by atomic mass is 16.5. The topological polar surface area (TPSA) is 9.23 Å². The Balaban J connectivity index is 3.31. The molecule has 0 amide bonds. The molecular formula is C9H10O. The zero-order chi connectivity index (χ0) is 11.6. The Hall–Kier alpha value is -1.24. The van der Waals surface area contributed by atoms with Gasteiger partial charge in [0.2, 0.25) is 0 Å². The van der Waals surface area contributed by atoms with Gasteiger partial charge in [0.15, 0.2) is 0 Å². The monoisotopic (exact) mass is 139 g/mol. The molecule has 1 nitrogen and oxygen atoms in total. The van der Waals surface area contributed by atoms with Crippen molar-refractivity contribution in [3.05, 3.63) is 42.9 Å². The lowest BCUT2D eigenvalue weighted by atomic mass is 10.3. The molecule has 0 saturated carbocycles. The maximum absolute atomic E-state index is 7.48. The molecule has 1 aromatic carbocycles.